The molecule has 0 bridgehead atoms. The van der Waals surface area contributed by atoms with Crippen LogP contribution < -0.4 is 16.0 Å². The zero-order valence-electron chi connectivity index (χ0n) is 24.7. The molecule has 0 N–H and O–H groups in total. The summed E-state index contributed by atoms with van der Waals surface area (Å²) >= 11 is 1.32. The van der Waals surface area contributed by atoms with Crippen LogP contribution in [0.25, 0.3) is 15.9 Å². The standard InChI is InChI=1S/C33H34N2O7S/c1-5-9-28-21(3)29-30(36)35(23-14-12-22(13-15-23)32(37)41-6-2)33(38)34(31(29)43-28)20-27(42-24-16-18-40-19-17-24)25-10-7-8-11-26(25)39-4/h7-8,10-15,24,27H,6,16-20H2,1-4H3/t27-/m0/s1. The van der Waals surface area contributed by atoms with E-state index in [4.69, 9.17) is 18.9 Å². The Kier molecular flexibility index (Phi) is 9.46. The number of benzene rings is 2. The molecular weight excluding hydrogens is 568 g/mol. The first-order valence-corrected chi connectivity index (χ1v) is 15.0. The molecule has 0 unspecified atom stereocenters. The van der Waals surface area contributed by atoms with Crippen LogP contribution in [0.1, 0.15) is 59.2 Å². The molecule has 224 valence electrons. The van der Waals surface area contributed by atoms with E-state index in [-0.39, 0.29) is 19.3 Å². The number of rotatable bonds is 9. The second-order valence-corrected chi connectivity index (χ2v) is 11.1. The lowest BCUT2D eigenvalue weighted by Crippen LogP contribution is -2.40. The van der Waals surface area contributed by atoms with E-state index in [1.54, 1.807) is 49.8 Å². The summed E-state index contributed by atoms with van der Waals surface area (Å²) in [5, 5.41) is 0.418. The van der Waals surface area contributed by atoms with E-state index in [0.717, 1.165) is 27.8 Å². The van der Waals surface area contributed by atoms with Gasteiger partial charge in [-0.25, -0.2) is 14.2 Å². The first-order valence-electron chi connectivity index (χ1n) is 14.2. The van der Waals surface area contributed by atoms with Crippen molar-refractivity contribution in [3.8, 4) is 23.3 Å². The maximum Gasteiger partial charge on any atom is 0.338 e. The van der Waals surface area contributed by atoms with Crippen LogP contribution in [-0.4, -0.2) is 48.1 Å². The van der Waals surface area contributed by atoms with Crippen LogP contribution in [-0.2, 0) is 20.8 Å². The molecule has 2 aromatic heterocycles. The molecule has 0 radical (unpaired) electrons. The number of aromatic nitrogens is 2. The van der Waals surface area contributed by atoms with Crippen molar-refractivity contribution in [2.75, 3.05) is 26.9 Å². The van der Waals surface area contributed by atoms with Gasteiger partial charge in [0.1, 0.15) is 16.7 Å². The first-order chi connectivity index (χ1) is 20.9. The van der Waals surface area contributed by atoms with Crippen molar-refractivity contribution < 1.29 is 23.7 Å². The van der Waals surface area contributed by atoms with Crippen LogP contribution in [0.4, 0.5) is 0 Å². The minimum absolute atomic E-state index is 0.0669. The second-order valence-electron chi connectivity index (χ2n) is 10.1. The molecule has 0 aliphatic carbocycles. The van der Waals surface area contributed by atoms with Crippen LogP contribution in [0.2, 0.25) is 0 Å². The fourth-order valence-electron chi connectivity index (χ4n) is 5.29. The van der Waals surface area contributed by atoms with Crippen molar-refractivity contribution in [2.24, 2.45) is 0 Å². The van der Waals surface area contributed by atoms with E-state index in [0.29, 0.717) is 46.0 Å². The number of carbonyl (C=O) groups is 1. The highest BCUT2D eigenvalue weighted by molar-refractivity contribution is 7.19. The van der Waals surface area contributed by atoms with E-state index in [2.05, 4.69) is 11.8 Å². The maximum atomic E-state index is 14.3. The van der Waals surface area contributed by atoms with Crippen molar-refractivity contribution in [1.82, 2.24) is 9.13 Å². The lowest BCUT2D eigenvalue weighted by Gasteiger charge is -2.29. The zero-order chi connectivity index (χ0) is 30.5. The average Bonchev–Trinajstić information content (AvgIpc) is 3.35. The fraction of sp³-hybridized carbons (Fsp3) is 0.364. The van der Waals surface area contributed by atoms with E-state index in [1.807, 2.05) is 31.2 Å². The monoisotopic (exact) mass is 602 g/mol. The number of para-hydroxylation sites is 1. The van der Waals surface area contributed by atoms with Crippen LogP contribution in [0, 0.1) is 18.8 Å². The van der Waals surface area contributed by atoms with Crippen molar-refractivity contribution in [1.29, 1.82) is 0 Å². The van der Waals surface area contributed by atoms with Crippen LogP contribution >= 0.6 is 11.3 Å². The molecule has 4 aromatic rings. The van der Waals surface area contributed by atoms with E-state index >= 15 is 0 Å². The summed E-state index contributed by atoms with van der Waals surface area (Å²) in [6, 6.07) is 13.9. The Morgan fingerprint density at radius 1 is 1.12 bits per heavy atom. The molecule has 0 spiro atoms. The van der Waals surface area contributed by atoms with Gasteiger partial charge < -0.3 is 18.9 Å². The van der Waals surface area contributed by atoms with Gasteiger partial charge in [0.15, 0.2) is 0 Å². The van der Waals surface area contributed by atoms with Gasteiger partial charge in [-0.1, -0.05) is 24.1 Å². The average molecular weight is 603 g/mol. The molecule has 0 amide bonds. The summed E-state index contributed by atoms with van der Waals surface area (Å²) in [5.41, 5.74) is 1.21. The number of hydrogen-bond acceptors (Lipinski definition) is 8. The number of ether oxygens (including phenoxy) is 4. The summed E-state index contributed by atoms with van der Waals surface area (Å²) < 4.78 is 25.7. The highest BCUT2D eigenvalue weighted by Gasteiger charge is 2.27. The number of nitrogens with zero attached hydrogens (tertiary/aromatic N) is 2. The number of aryl methyl sites for hydroxylation is 1. The van der Waals surface area contributed by atoms with Gasteiger partial charge in [-0.05, 0) is 69.5 Å². The Hall–Kier alpha value is -4.17. The van der Waals surface area contributed by atoms with Gasteiger partial charge in [0, 0.05) is 18.8 Å². The third-order valence-corrected chi connectivity index (χ3v) is 8.68. The van der Waals surface area contributed by atoms with E-state index < -0.39 is 23.3 Å². The van der Waals surface area contributed by atoms with Gasteiger partial charge in [0.05, 0.1) is 47.9 Å². The molecule has 9 nitrogen and oxygen atoms in total. The molecule has 3 heterocycles. The highest BCUT2D eigenvalue weighted by atomic mass is 32.1. The summed E-state index contributed by atoms with van der Waals surface area (Å²) in [7, 11) is 1.60. The van der Waals surface area contributed by atoms with Gasteiger partial charge in [0.2, 0.25) is 0 Å². The second kappa shape index (κ2) is 13.4. The van der Waals surface area contributed by atoms with Crippen molar-refractivity contribution >= 4 is 27.5 Å². The Labute approximate surface area is 253 Å². The van der Waals surface area contributed by atoms with Gasteiger partial charge in [0.25, 0.3) is 5.56 Å². The van der Waals surface area contributed by atoms with Crippen LogP contribution in [0.3, 0.4) is 0 Å². The minimum Gasteiger partial charge on any atom is -0.496 e. The Bertz CT molecular complexity index is 1800. The van der Waals surface area contributed by atoms with Crippen molar-refractivity contribution in [3.05, 3.63) is 90.9 Å². The lowest BCUT2D eigenvalue weighted by atomic mass is 10.1. The molecule has 1 fully saturated rings. The quantitative estimate of drug-likeness (QED) is 0.196. The molecule has 43 heavy (non-hydrogen) atoms. The molecule has 2 aromatic carbocycles. The van der Waals surface area contributed by atoms with E-state index in [1.165, 1.54) is 11.3 Å². The minimum atomic E-state index is -0.555. The molecule has 0 saturated carbocycles. The third kappa shape index (κ3) is 6.15. The number of methoxy groups -OCH3 is 1. The summed E-state index contributed by atoms with van der Waals surface area (Å²) in [4.78, 5) is 41.8. The van der Waals surface area contributed by atoms with Gasteiger partial charge >= 0.3 is 11.7 Å². The summed E-state index contributed by atoms with van der Waals surface area (Å²) in [6.07, 6.45) is 0.843. The molecule has 1 aliphatic heterocycles. The predicted molar refractivity (Wildman–Crippen MR) is 166 cm³/mol. The number of esters is 1. The molecular formula is C33H34N2O7S. The summed E-state index contributed by atoms with van der Waals surface area (Å²) in [6.45, 7) is 6.89. The number of fused-ring (bicyclic) bond motifs is 1. The van der Waals surface area contributed by atoms with Crippen LogP contribution in [0.5, 0.6) is 5.75 Å². The molecule has 1 aliphatic rings. The normalized spacial score (nSPS) is 14.2. The van der Waals surface area contributed by atoms with Gasteiger partial charge in [-0.15, -0.1) is 17.3 Å². The molecule has 1 saturated heterocycles. The largest absolute Gasteiger partial charge is 0.496 e. The first kappa shape index (κ1) is 30.3. The van der Waals surface area contributed by atoms with Crippen molar-refractivity contribution in [3.63, 3.8) is 0 Å². The predicted octanol–water partition coefficient (Wildman–Crippen LogP) is 5.02. The summed E-state index contributed by atoms with van der Waals surface area (Å²) in [5.74, 6) is 6.17. The fourth-order valence-corrected chi connectivity index (χ4v) is 6.49. The smallest absolute Gasteiger partial charge is 0.338 e. The Morgan fingerprint density at radius 2 is 1.84 bits per heavy atom. The maximum absolute atomic E-state index is 14.3. The number of hydrogen-bond donors (Lipinski definition) is 0. The SMILES string of the molecule is CC#Cc1sc2c(c1C)c(=O)n(-c1ccc(C(=O)OCC)cc1)c(=O)n2C[C@H](OC1CCOCC1)c1ccccc1OC. The Morgan fingerprint density at radius 3 is 2.51 bits per heavy atom. The topological polar surface area (TPSA) is 98.0 Å². The third-order valence-electron chi connectivity index (χ3n) is 7.45. The lowest BCUT2D eigenvalue weighted by molar-refractivity contribution is -0.0752. The Balaban J connectivity index is 1.70. The molecule has 5 rings (SSSR count). The van der Waals surface area contributed by atoms with Crippen molar-refractivity contribution in [2.45, 2.75) is 52.4 Å². The van der Waals surface area contributed by atoms with Gasteiger partial charge in [-0.2, -0.15) is 0 Å². The highest BCUT2D eigenvalue weighted by Crippen LogP contribution is 2.34. The van der Waals surface area contributed by atoms with Gasteiger partial charge in [-0.3, -0.25) is 9.36 Å². The van der Waals surface area contributed by atoms with E-state index in [9.17, 15) is 14.4 Å². The number of thiophene rings is 1. The van der Waals surface area contributed by atoms with Crippen LogP contribution in [0.15, 0.2) is 58.1 Å². The molecule has 1 atom stereocenters. The molecule has 10 heteroatoms. The zero-order valence-corrected chi connectivity index (χ0v) is 25.5. The number of carbonyl (C=O) groups excluding carboxylic acids is 1.